The molecule has 1 heterocycles. The molecule has 1 aliphatic carbocycles. The lowest BCUT2D eigenvalue weighted by atomic mass is 9.88. The minimum atomic E-state index is -4.56. The molecule has 0 bridgehead atoms. The van der Waals surface area contributed by atoms with Crippen molar-refractivity contribution in [2.75, 3.05) is 6.54 Å². The van der Waals surface area contributed by atoms with Crippen LogP contribution in [0.1, 0.15) is 33.1 Å². The molecule has 0 aromatic heterocycles. The second-order valence-corrected chi connectivity index (χ2v) is 9.23. The Morgan fingerprint density at radius 1 is 1.26 bits per heavy atom. The molecular weight excluding hydrogens is 331 g/mol. The maximum atomic E-state index is 12.9. The molecule has 0 saturated carbocycles. The first-order valence-corrected chi connectivity index (χ1v) is 8.96. The van der Waals surface area contributed by atoms with Crippen LogP contribution in [0.5, 0.6) is 0 Å². The number of rotatable bonds is 3. The van der Waals surface area contributed by atoms with Crippen molar-refractivity contribution in [3.8, 4) is 0 Å². The zero-order valence-electron chi connectivity index (χ0n) is 13.0. The van der Waals surface area contributed by atoms with Crippen molar-refractivity contribution in [1.29, 1.82) is 0 Å². The molecular formula is C15H20F3NO3S. The van der Waals surface area contributed by atoms with Gasteiger partial charge in [0.15, 0.2) is 9.84 Å². The Kier molecular flexibility index (Phi) is 4.67. The summed E-state index contributed by atoms with van der Waals surface area (Å²) in [6.45, 7) is 3.29. The van der Waals surface area contributed by atoms with Gasteiger partial charge in [-0.25, -0.2) is 8.42 Å². The summed E-state index contributed by atoms with van der Waals surface area (Å²) >= 11 is 0. The molecule has 1 N–H and O–H groups in total. The zero-order chi connectivity index (χ0) is 17.5. The van der Waals surface area contributed by atoms with E-state index in [1.807, 2.05) is 0 Å². The van der Waals surface area contributed by atoms with Gasteiger partial charge in [0, 0.05) is 13.0 Å². The standard InChI is InChI=1S/C15H20F3NO3S/c1-14(2,11-6-7-13(20)19-9-11)23(21,22)12-5-3-4-10(8-12)15(16,17)18/h3-4,8,11-12H,5-7,9H2,1-2H3,(H,19,20). The summed E-state index contributed by atoms with van der Waals surface area (Å²) in [5, 5.41) is 1.44. The second kappa shape index (κ2) is 5.96. The number of allylic oxidation sites excluding steroid dienone is 3. The smallest absolute Gasteiger partial charge is 0.356 e. The normalized spacial score (nSPS) is 26.7. The van der Waals surface area contributed by atoms with Crippen LogP contribution in [0.2, 0.25) is 0 Å². The molecule has 0 aromatic rings. The molecule has 1 aliphatic heterocycles. The quantitative estimate of drug-likeness (QED) is 0.850. The monoisotopic (exact) mass is 351 g/mol. The van der Waals surface area contributed by atoms with E-state index in [0.29, 0.717) is 6.42 Å². The Morgan fingerprint density at radius 3 is 2.43 bits per heavy atom. The van der Waals surface area contributed by atoms with Gasteiger partial charge in [0.1, 0.15) is 0 Å². The summed E-state index contributed by atoms with van der Waals surface area (Å²) in [4.78, 5) is 11.2. The molecule has 0 radical (unpaired) electrons. The van der Waals surface area contributed by atoms with Crippen molar-refractivity contribution in [3.05, 3.63) is 23.8 Å². The lowest BCUT2D eigenvalue weighted by Gasteiger charge is -2.38. The molecule has 0 spiro atoms. The molecule has 23 heavy (non-hydrogen) atoms. The van der Waals surface area contributed by atoms with E-state index in [1.54, 1.807) is 0 Å². The van der Waals surface area contributed by atoms with Crippen LogP contribution in [0.15, 0.2) is 23.8 Å². The molecule has 0 aromatic carbocycles. The van der Waals surface area contributed by atoms with Crippen molar-refractivity contribution in [1.82, 2.24) is 5.32 Å². The first kappa shape index (κ1) is 18.0. The van der Waals surface area contributed by atoms with E-state index < -0.39 is 31.6 Å². The highest BCUT2D eigenvalue weighted by Crippen LogP contribution is 2.38. The van der Waals surface area contributed by atoms with E-state index in [1.165, 1.54) is 19.9 Å². The third-order valence-corrected chi connectivity index (χ3v) is 7.66. The number of alkyl halides is 3. The van der Waals surface area contributed by atoms with Gasteiger partial charge in [-0.1, -0.05) is 18.2 Å². The first-order valence-electron chi connectivity index (χ1n) is 7.42. The molecule has 130 valence electrons. The number of sulfone groups is 1. The summed E-state index contributed by atoms with van der Waals surface area (Å²) in [5.41, 5.74) is -0.926. The van der Waals surface area contributed by atoms with Crippen LogP contribution in [0, 0.1) is 5.92 Å². The van der Waals surface area contributed by atoms with Gasteiger partial charge in [0.2, 0.25) is 5.91 Å². The van der Waals surface area contributed by atoms with E-state index in [9.17, 15) is 26.4 Å². The van der Waals surface area contributed by atoms with Crippen molar-refractivity contribution in [2.45, 2.75) is 49.3 Å². The van der Waals surface area contributed by atoms with Gasteiger partial charge in [-0.15, -0.1) is 0 Å². The first-order chi connectivity index (χ1) is 10.5. The maximum Gasteiger partial charge on any atom is 0.416 e. The number of halogens is 3. The number of nitrogens with one attached hydrogen (secondary N) is 1. The lowest BCUT2D eigenvalue weighted by molar-refractivity contribution is -0.123. The average molecular weight is 351 g/mol. The van der Waals surface area contributed by atoms with Crippen LogP contribution in [0.25, 0.3) is 0 Å². The fourth-order valence-corrected chi connectivity index (χ4v) is 5.14. The average Bonchev–Trinajstić information content (AvgIpc) is 2.47. The Balaban J connectivity index is 2.28. The Labute approximate surface area is 133 Å². The number of carbonyl (C=O) groups excluding carboxylic acids is 1. The molecule has 2 unspecified atom stereocenters. The SMILES string of the molecule is CC(C)(C1CCC(=O)NC1)S(=O)(=O)C1C=C(C(F)(F)F)C=CC1. The van der Waals surface area contributed by atoms with Crippen LogP contribution in [0.3, 0.4) is 0 Å². The fraction of sp³-hybridized carbons (Fsp3) is 0.667. The van der Waals surface area contributed by atoms with Gasteiger partial charge in [0.25, 0.3) is 0 Å². The number of hydrogen-bond donors (Lipinski definition) is 1. The highest BCUT2D eigenvalue weighted by molar-refractivity contribution is 7.93. The zero-order valence-corrected chi connectivity index (χ0v) is 13.8. The van der Waals surface area contributed by atoms with Gasteiger partial charge < -0.3 is 5.32 Å². The maximum absolute atomic E-state index is 12.9. The van der Waals surface area contributed by atoms with Crippen LogP contribution < -0.4 is 5.32 Å². The summed E-state index contributed by atoms with van der Waals surface area (Å²) < 4.78 is 63.1. The third-order valence-electron chi connectivity index (χ3n) is 4.74. The topological polar surface area (TPSA) is 63.2 Å². The van der Waals surface area contributed by atoms with Crippen molar-refractivity contribution >= 4 is 15.7 Å². The number of hydrogen-bond acceptors (Lipinski definition) is 3. The highest BCUT2D eigenvalue weighted by Gasteiger charge is 2.47. The Bertz CT molecular complexity index is 637. The Hall–Kier alpha value is -1.31. The minimum absolute atomic E-state index is 0.0322. The fourth-order valence-electron chi connectivity index (χ4n) is 3.01. The summed E-state index contributed by atoms with van der Waals surface area (Å²) in [5.74, 6) is -0.451. The van der Waals surface area contributed by atoms with E-state index >= 15 is 0 Å². The highest BCUT2D eigenvalue weighted by atomic mass is 32.2. The van der Waals surface area contributed by atoms with E-state index in [-0.39, 0.29) is 31.2 Å². The van der Waals surface area contributed by atoms with Crippen molar-refractivity contribution in [3.63, 3.8) is 0 Å². The summed E-state index contributed by atoms with van der Waals surface area (Å²) in [7, 11) is -3.85. The predicted molar refractivity (Wildman–Crippen MR) is 80.4 cm³/mol. The number of amides is 1. The largest absolute Gasteiger partial charge is 0.416 e. The van der Waals surface area contributed by atoms with Gasteiger partial charge in [-0.2, -0.15) is 13.2 Å². The molecule has 8 heteroatoms. The molecule has 1 saturated heterocycles. The van der Waals surface area contributed by atoms with E-state index in [0.717, 1.165) is 12.2 Å². The molecule has 2 aliphatic rings. The van der Waals surface area contributed by atoms with Gasteiger partial charge in [-0.05, 0) is 32.6 Å². The summed E-state index contributed by atoms with van der Waals surface area (Å²) in [6, 6.07) is 0. The molecule has 2 rings (SSSR count). The molecule has 4 nitrogen and oxygen atoms in total. The van der Waals surface area contributed by atoms with Crippen LogP contribution >= 0.6 is 0 Å². The third kappa shape index (κ3) is 3.46. The predicted octanol–water partition coefficient (Wildman–Crippen LogP) is 2.52. The van der Waals surface area contributed by atoms with Crippen LogP contribution in [0.4, 0.5) is 13.2 Å². The van der Waals surface area contributed by atoms with Crippen LogP contribution in [-0.2, 0) is 14.6 Å². The van der Waals surface area contributed by atoms with Gasteiger partial charge in [-0.3, -0.25) is 4.79 Å². The Morgan fingerprint density at radius 2 is 1.91 bits per heavy atom. The minimum Gasteiger partial charge on any atom is -0.356 e. The van der Waals surface area contributed by atoms with Crippen molar-refractivity contribution in [2.24, 2.45) is 5.92 Å². The second-order valence-electron chi connectivity index (χ2n) is 6.48. The van der Waals surface area contributed by atoms with E-state index in [2.05, 4.69) is 5.32 Å². The molecule has 1 fully saturated rings. The van der Waals surface area contributed by atoms with Crippen molar-refractivity contribution < 1.29 is 26.4 Å². The molecule has 1 amide bonds. The van der Waals surface area contributed by atoms with Crippen LogP contribution in [-0.4, -0.2) is 37.0 Å². The van der Waals surface area contributed by atoms with Gasteiger partial charge in [0.05, 0.1) is 15.6 Å². The summed E-state index contributed by atoms with van der Waals surface area (Å²) in [6.07, 6.45) is -0.908. The number of piperidine rings is 1. The molecule has 2 atom stereocenters. The van der Waals surface area contributed by atoms with E-state index in [4.69, 9.17) is 0 Å². The number of carbonyl (C=O) groups is 1. The van der Waals surface area contributed by atoms with Gasteiger partial charge >= 0.3 is 6.18 Å². The lowest BCUT2D eigenvalue weighted by Crippen LogP contribution is -2.51.